The zero-order chi connectivity index (χ0) is 11.8. The van der Waals surface area contributed by atoms with E-state index in [0.29, 0.717) is 6.54 Å². The molecule has 0 saturated heterocycles. The van der Waals surface area contributed by atoms with Crippen LogP contribution >= 0.6 is 23.4 Å². The minimum atomic E-state index is 0.683. The molecule has 1 nitrogen and oxygen atoms in total. The van der Waals surface area contributed by atoms with Crippen molar-refractivity contribution in [2.45, 2.75) is 37.5 Å². The van der Waals surface area contributed by atoms with Crippen molar-refractivity contribution in [1.29, 1.82) is 0 Å². The third kappa shape index (κ3) is 4.36. The van der Waals surface area contributed by atoms with Crippen molar-refractivity contribution in [1.82, 2.24) is 0 Å². The molecule has 0 unspecified atom stereocenters. The summed E-state index contributed by atoms with van der Waals surface area (Å²) in [5.74, 6) is 1.15. The van der Waals surface area contributed by atoms with Crippen LogP contribution in [0.4, 0.5) is 0 Å². The molecule has 0 aromatic heterocycles. The van der Waals surface area contributed by atoms with Crippen LogP contribution in [-0.4, -0.2) is 12.3 Å². The molecule has 16 heavy (non-hydrogen) atoms. The minimum Gasteiger partial charge on any atom is -0.330 e. The summed E-state index contributed by atoms with van der Waals surface area (Å²) in [6.45, 7) is 2.91. The molecule has 0 aliphatic rings. The molecule has 1 rings (SSSR count). The first-order chi connectivity index (χ1) is 7.79. The standard InChI is InChI=1S/C13H20ClNS/c1-2-3-4-10-16-13-11(8-9-15)6-5-7-12(13)14/h5-7H,2-4,8-10,15H2,1H3. The number of thioether (sulfide) groups is 1. The van der Waals surface area contributed by atoms with Gasteiger partial charge in [-0.15, -0.1) is 11.8 Å². The van der Waals surface area contributed by atoms with Crippen molar-refractivity contribution in [3.63, 3.8) is 0 Å². The monoisotopic (exact) mass is 257 g/mol. The van der Waals surface area contributed by atoms with Crippen molar-refractivity contribution >= 4 is 23.4 Å². The predicted molar refractivity (Wildman–Crippen MR) is 74.5 cm³/mol. The Hall–Kier alpha value is -0.180. The van der Waals surface area contributed by atoms with Gasteiger partial charge in [0.15, 0.2) is 0 Å². The van der Waals surface area contributed by atoms with Crippen molar-refractivity contribution in [3.8, 4) is 0 Å². The van der Waals surface area contributed by atoms with Crippen LogP contribution in [0.3, 0.4) is 0 Å². The molecule has 0 fully saturated rings. The van der Waals surface area contributed by atoms with Gasteiger partial charge in [-0.05, 0) is 36.8 Å². The van der Waals surface area contributed by atoms with E-state index in [2.05, 4.69) is 13.0 Å². The molecular weight excluding hydrogens is 238 g/mol. The fourth-order valence-corrected chi connectivity index (χ4v) is 3.07. The van der Waals surface area contributed by atoms with Gasteiger partial charge in [0.2, 0.25) is 0 Å². The van der Waals surface area contributed by atoms with Gasteiger partial charge < -0.3 is 5.73 Å². The van der Waals surface area contributed by atoms with Crippen LogP contribution in [0.1, 0.15) is 31.7 Å². The molecular formula is C13H20ClNS. The average molecular weight is 258 g/mol. The number of hydrogen-bond acceptors (Lipinski definition) is 2. The molecule has 0 bridgehead atoms. The second kappa shape index (κ2) is 7.99. The van der Waals surface area contributed by atoms with E-state index in [1.165, 1.54) is 29.7 Å². The lowest BCUT2D eigenvalue weighted by molar-refractivity contribution is 0.778. The smallest absolute Gasteiger partial charge is 0.0544 e. The lowest BCUT2D eigenvalue weighted by Gasteiger charge is -2.10. The van der Waals surface area contributed by atoms with E-state index in [0.717, 1.165) is 17.2 Å². The molecule has 0 aliphatic heterocycles. The fourth-order valence-electron chi connectivity index (χ4n) is 1.59. The van der Waals surface area contributed by atoms with Gasteiger partial charge in [-0.3, -0.25) is 0 Å². The summed E-state index contributed by atoms with van der Waals surface area (Å²) in [4.78, 5) is 1.23. The van der Waals surface area contributed by atoms with E-state index < -0.39 is 0 Å². The summed E-state index contributed by atoms with van der Waals surface area (Å²) in [7, 11) is 0. The van der Waals surface area contributed by atoms with Crippen LogP contribution in [0.15, 0.2) is 23.1 Å². The van der Waals surface area contributed by atoms with Gasteiger partial charge in [0.05, 0.1) is 5.02 Å². The highest BCUT2D eigenvalue weighted by atomic mass is 35.5. The molecule has 0 saturated carbocycles. The first kappa shape index (κ1) is 13.9. The van der Waals surface area contributed by atoms with Crippen molar-refractivity contribution < 1.29 is 0 Å². The number of benzene rings is 1. The van der Waals surface area contributed by atoms with Crippen LogP contribution in [-0.2, 0) is 6.42 Å². The first-order valence-corrected chi connectivity index (χ1v) is 7.26. The molecule has 0 amide bonds. The van der Waals surface area contributed by atoms with Gasteiger partial charge in [0.1, 0.15) is 0 Å². The molecule has 1 aromatic rings. The largest absolute Gasteiger partial charge is 0.330 e. The first-order valence-electron chi connectivity index (χ1n) is 5.89. The van der Waals surface area contributed by atoms with E-state index in [-0.39, 0.29) is 0 Å². The lowest BCUT2D eigenvalue weighted by Crippen LogP contribution is -2.04. The van der Waals surface area contributed by atoms with Crippen LogP contribution in [0, 0.1) is 0 Å². The third-order valence-corrected chi connectivity index (χ3v) is 4.15. The maximum atomic E-state index is 6.22. The van der Waals surface area contributed by atoms with Crippen LogP contribution in [0.25, 0.3) is 0 Å². The summed E-state index contributed by atoms with van der Waals surface area (Å²) in [5, 5.41) is 0.868. The molecule has 3 heteroatoms. The third-order valence-electron chi connectivity index (χ3n) is 2.46. The topological polar surface area (TPSA) is 26.0 Å². The van der Waals surface area contributed by atoms with Gasteiger partial charge in [-0.1, -0.05) is 43.5 Å². The average Bonchev–Trinajstić information content (AvgIpc) is 2.28. The normalized spacial score (nSPS) is 10.7. The van der Waals surface area contributed by atoms with Crippen LogP contribution in [0.5, 0.6) is 0 Å². The van der Waals surface area contributed by atoms with Crippen molar-refractivity contribution in [2.24, 2.45) is 5.73 Å². The number of rotatable bonds is 7. The van der Waals surface area contributed by atoms with Gasteiger partial charge in [-0.25, -0.2) is 0 Å². The Morgan fingerprint density at radius 2 is 2.12 bits per heavy atom. The summed E-state index contributed by atoms with van der Waals surface area (Å²) in [6, 6.07) is 6.09. The van der Waals surface area contributed by atoms with Gasteiger partial charge >= 0.3 is 0 Å². The van der Waals surface area contributed by atoms with E-state index in [1.54, 1.807) is 0 Å². The molecule has 0 atom stereocenters. The maximum Gasteiger partial charge on any atom is 0.0544 e. The molecule has 90 valence electrons. The molecule has 0 aliphatic carbocycles. The Labute approximate surface area is 108 Å². The number of nitrogens with two attached hydrogens (primary N) is 1. The Balaban J connectivity index is 2.61. The van der Waals surface area contributed by atoms with Gasteiger partial charge in [0.25, 0.3) is 0 Å². The highest BCUT2D eigenvalue weighted by Gasteiger charge is 2.06. The summed E-state index contributed by atoms with van der Waals surface area (Å²) < 4.78 is 0. The quantitative estimate of drug-likeness (QED) is 0.587. The van der Waals surface area contributed by atoms with E-state index in [1.807, 2.05) is 23.9 Å². The fraction of sp³-hybridized carbons (Fsp3) is 0.538. The Bertz CT molecular complexity index is 315. The summed E-state index contributed by atoms with van der Waals surface area (Å²) in [6.07, 6.45) is 4.73. The number of unbranched alkanes of at least 4 members (excludes halogenated alkanes) is 2. The molecule has 0 radical (unpaired) electrons. The zero-order valence-corrected chi connectivity index (χ0v) is 11.4. The number of hydrogen-bond donors (Lipinski definition) is 1. The predicted octanol–water partition coefficient (Wildman–Crippen LogP) is 4.12. The van der Waals surface area contributed by atoms with Crippen molar-refractivity contribution in [3.05, 3.63) is 28.8 Å². The Kier molecular flexibility index (Phi) is 6.93. The summed E-state index contributed by atoms with van der Waals surface area (Å²) >= 11 is 8.08. The SMILES string of the molecule is CCCCCSc1c(Cl)cccc1CCN. The maximum absolute atomic E-state index is 6.22. The molecule has 1 aromatic carbocycles. The van der Waals surface area contributed by atoms with Gasteiger partial charge in [-0.2, -0.15) is 0 Å². The lowest BCUT2D eigenvalue weighted by atomic mass is 10.1. The minimum absolute atomic E-state index is 0.683. The molecule has 2 N–H and O–H groups in total. The van der Waals surface area contributed by atoms with E-state index in [9.17, 15) is 0 Å². The van der Waals surface area contributed by atoms with E-state index in [4.69, 9.17) is 17.3 Å². The highest BCUT2D eigenvalue weighted by Crippen LogP contribution is 2.31. The number of halogens is 1. The van der Waals surface area contributed by atoms with E-state index >= 15 is 0 Å². The van der Waals surface area contributed by atoms with Gasteiger partial charge in [0, 0.05) is 4.90 Å². The zero-order valence-electron chi connectivity index (χ0n) is 9.84. The molecule has 0 heterocycles. The van der Waals surface area contributed by atoms with Crippen LogP contribution in [0.2, 0.25) is 5.02 Å². The van der Waals surface area contributed by atoms with Crippen LogP contribution < -0.4 is 5.73 Å². The molecule has 0 spiro atoms. The second-order valence-electron chi connectivity index (χ2n) is 3.82. The highest BCUT2D eigenvalue weighted by molar-refractivity contribution is 7.99. The van der Waals surface area contributed by atoms with Crippen molar-refractivity contribution in [2.75, 3.05) is 12.3 Å². The second-order valence-corrected chi connectivity index (χ2v) is 5.33. The Morgan fingerprint density at radius 3 is 2.81 bits per heavy atom. The Morgan fingerprint density at radius 1 is 1.31 bits per heavy atom. The summed E-state index contributed by atoms with van der Waals surface area (Å²) in [5.41, 5.74) is 6.89.